The molecule has 0 unspecified atom stereocenters. The molecule has 0 saturated heterocycles. The lowest BCUT2D eigenvalue weighted by Gasteiger charge is -2.13. The first-order chi connectivity index (χ1) is 13.1. The average molecular weight is 393 g/mol. The van der Waals surface area contributed by atoms with Gasteiger partial charge in [-0.05, 0) is 37.1 Å². The molecule has 0 saturated carbocycles. The minimum atomic E-state index is -4.48. The van der Waals surface area contributed by atoms with Gasteiger partial charge in [0, 0.05) is 17.8 Å². The Balaban J connectivity index is 1.90. The number of carbonyl (C=O) groups is 2. The summed E-state index contributed by atoms with van der Waals surface area (Å²) in [6, 6.07) is 12.2. The van der Waals surface area contributed by atoms with Crippen molar-refractivity contribution in [3.63, 3.8) is 0 Å². The third kappa shape index (κ3) is 6.94. The Bertz CT molecular complexity index is 851. The number of rotatable bonds is 7. The van der Waals surface area contributed by atoms with Gasteiger partial charge in [0.25, 0.3) is 5.91 Å². The minimum Gasteiger partial charge on any atom is -0.376 e. The molecule has 2 aromatic rings. The number of alkyl halides is 3. The lowest BCUT2D eigenvalue weighted by atomic mass is 10.1. The molecule has 2 aromatic carbocycles. The van der Waals surface area contributed by atoms with Crippen LogP contribution in [-0.2, 0) is 11.3 Å². The number of nitrogens with one attached hydrogen (secondary N) is 3. The van der Waals surface area contributed by atoms with Crippen LogP contribution >= 0.6 is 0 Å². The molecule has 3 N–H and O–H groups in total. The van der Waals surface area contributed by atoms with Gasteiger partial charge in [-0.15, -0.1) is 0 Å². The molecule has 2 rings (SSSR count). The normalized spacial score (nSPS) is 11.0. The SMILES string of the molecule is Cc1cccc(CNC(=O)CNc2cc(C(=O)NCC(F)(F)F)ccc2C)c1. The number of hydrogen-bond donors (Lipinski definition) is 3. The van der Waals surface area contributed by atoms with E-state index in [1.54, 1.807) is 13.0 Å². The molecule has 0 spiro atoms. The highest BCUT2D eigenvalue weighted by Gasteiger charge is 2.28. The summed E-state index contributed by atoms with van der Waals surface area (Å²) in [6.07, 6.45) is -4.48. The largest absolute Gasteiger partial charge is 0.405 e. The second-order valence-corrected chi connectivity index (χ2v) is 6.45. The molecule has 150 valence electrons. The van der Waals surface area contributed by atoms with E-state index in [-0.39, 0.29) is 18.0 Å². The van der Waals surface area contributed by atoms with Crippen LogP contribution in [0.2, 0.25) is 0 Å². The molecule has 0 heterocycles. The highest BCUT2D eigenvalue weighted by atomic mass is 19.4. The van der Waals surface area contributed by atoms with Crippen molar-refractivity contribution in [1.82, 2.24) is 10.6 Å². The quantitative estimate of drug-likeness (QED) is 0.676. The Labute approximate surface area is 161 Å². The summed E-state index contributed by atoms with van der Waals surface area (Å²) >= 11 is 0. The van der Waals surface area contributed by atoms with Gasteiger partial charge in [-0.1, -0.05) is 35.9 Å². The molecule has 0 fully saturated rings. The van der Waals surface area contributed by atoms with Crippen molar-refractivity contribution in [2.24, 2.45) is 0 Å². The van der Waals surface area contributed by atoms with Crippen molar-refractivity contribution in [2.45, 2.75) is 26.6 Å². The number of anilines is 1. The summed E-state index contributed by atoms with van der Waals surface area (Å²) in [5.74, 6) is -1.07. The third-order valence-corrected chi connectivity index (χ3v) is 3.96. The summed E-state index contributed by atoms with van der Waals surface area (Å²) in [7, 11) is 0. The number of aryl methyl sites for hydroxylation is 2. The third-order valence-electron chi connectivity index (χ3n) is 3.96. The second-order valence-electron chi connectivity index (χ2n) is 6.45. The monoisotopic (exact) mass is 393 g/mol. The lowest BCUT2D eigenvalue weighted by Crippen LogP contribution is -2.33. The Kier molecular flexibility index (Phi) is 7.03. The maximum Gasteiger partial charge on any atom is 0.405 e. The predicted molar refractivity (Wildman–Crippen MR) is 101 cm³/mol. The van der Waals surface area contributed by atoms with Gasteiger partial charge in [0.2, 0.25) is 5.91 Å². The topological polar surface area (TPSA) is 70.2 Å². The van der Waals surface area contributed by atoms with E-state index in [4.69, 9.17) is 0 Å². The number of amides is 2. The van der Waals surface area contributed by atoms with Gasteiger partial charge in [-0.3, -0.25) is 9.59 Å². The number of benzene rings is 2. The van der Waals surface area contributed by atoms with Crippen LogP contribution in [0.15, 0.2) is 42.5 Å². The first-order valence-electron chi connectivity index (χ1n) is 8.66. The number of halogens is 3. The van der Waals surface area contributed by atoms with E-state index >= 15 is 0 Å². The van der Waals surface area contributed by atoms with Gasteiger partial charge in [-0.25, -0.2) is 0 Å². The molecule has 0 aromatic heterocycles. The van der Waals surface area contributed by atoms with Crippen LogP contribution in [0.25, 0.3) is 0 Å². The van der Waals surface area contributed by atoms with Gasteiger partial charge < -0.3 is 16.0 Å². The zero-order valence-corrected chi connectivity index (χ0v) is 15.6. The zero-order chi connectivity index (χ0) is 20.7. The molecule has 0 aliphatic heterocycles. The number of carbonyl (C=O) groups excluding carboxylic acids is 2. The summed E-state index contributed by atoms with van der Waals surface area (Å²) in [4.78, 5) is 23.9. The van der Waals surface area contributed by atoms with Crippen molar-refractivity contribution in [2.75, 3.05) is 18.4 Å². The van der Waals surface area contributed by atoms with Gasteiger partial charge in [0.1, 0.15) is 6.54 Å². The van der Waals surface area contributed by atoms with E-state index < -0.39 is 18.6 Å². The van der Waals surface area contributed by atoms with Crippen molar-refractivity contribution < 1.29 is 22.8 Å². The average Bonchev–Trinajstić information content (AvgIpc) is 2.63. The fraction of sp³-hybridized carbons (Fsp3) is 0.300. The number of hydrogen-bond acceptors (Lipinski definition) is 3. The molecule has 8 heteroatoms. The molecular formula is C20H22F3N3O2. The van der Waals surface area contributed by atoms with E-state index in [2.05, 4.69) is 10.6 Å². The maximum atomic E-state index is 12.2. The van der Waals surface area contributed by atoms with Crippen LogP contribution in [0.5, 0.6) is 0 Å². The fourth-order valence-corrected chi connectivity index (χ4v) is 2.50. The van der Waals surface area contributed by atoms with Crippen LogP contribution in [0.4, 0.5) is 18.9 Å². The maximum absolute atomic E-state index is 12.2. The smallest absolute Gasteiger partial charge is 0.376 e. The minimum absolute atomic E-state index is 0.0275. The molecule has 5 nitrogen and oxygen atoms in total. The van der Waals surface area contributed by atoms with E-state index in [1.165, 1.54) is 12.1 Å². The zero-order valence-electron chi connectivity index (χ0n) is 15.6. The summed E-state index contributed by atoms with van der Waals surface area (Å²) in [5.41, 5.74) is 3.43. The Morgan fingerprint density at radius 3 is 2.43 bits per heavy atom. The van der Waals surface area contributed by atoms with Gasteiger partial charge in [0.05, 0.1) is 6.54 Å². The van der Waals surface area contributed by atoms with Crippen molar-refractivity contribution in [3.05, 3.63) is 64.7 Å². The molecule has 0 aliphatic carbocycles. The van der Waals surface area contributed by atoms with E-state index in [0.29, 0.717) is 12.2 Å². The van der Waals surface area contributed by atoms with Crippen LogP contribution in [0.1, 0.15) is 27.0 Å². The van der Waals surface area contributed by atoms with Gasteiger partial charge in [0.15, 0.2) is 0 Å². The summed E-state index contributed by atoms with van der Waals surface area (Å²) in [5, 5.41) is 7.52. The second kappa shape index (κ2) is 9.25. The summed E-state index contributed by atoms with van der Waals surface area (Å²) in [6.45, 7) is 2.70. The highest BCUT2D eigenvalue weighted by molar-refractivity contribution is 5.95. The van der Waals surface area contributed by atoms with E-state index in [1.807, 2.05) is 36.5 Å². The van der Waals surface area contributed by atoms with Crippen LogP contribution in [0.3, 0.4) is 0 Å². The lowest BCUT2D eigenvalue weighted by molar-refractivity contribution is -0.123. The Morgan fingerprint density at radius 2 is 1.75 bits per heavy atom. The molecular weight excluding hydrogens is 371 g/mol. The first-order valence-corrected chi connectivity index (χ1v) is 8.66. The molecule has 0 aliphatic rings. The molecule has 2 amide bonds. The molecule has 28 heavy (non-hydrogen) atoms. The van der Waals surface area contributed by atoms with Crippen LogP contribution in [-0.4, -0.2) is 31.1 Å². The van der Waals surface area contributed by atoms with Crippen LogP contribution < -0.4 is 16.0 Å². The molecule has 0 bridgehead atoms. The first kappa shape index (κ1) is 21.3. The fourth-order valence-electron chi connectivity index (χ4n) is 2.50. The predicted octanol–water partition coefficient (Wildman–Crippen LogP) is 3.32. The Hall–Kier alpha value is -3.03. The van der Waals surface area contributed by atoms with E-state index in [9.17, 15) is 22.8 Å². The Morgan fingerprint density at radius 1 is 1.00 bits per heavy atom. The molecule has 0 atom stereocenters. The standard InChI is InChI=1S/C20H22F3N3O2/c1-13-4-3-5-15(8-13)10-25-18(27)11-24-17-9-16(7-6-14(17)2)19(28)26-12-20(21,22)23/h3-9,24H,10-12H2,1-2H3,(H,25,27)(H,26,28). The van der Waals surface area contributed by atoms with Crippen molar-refractivity contribution >= 4 is 17.5 Å². The molecule has 0 radical (unpaired) electrons. The van der Waals surface area contributed by atoms with Crippen molar-refractivity contribution in [1.29, 1.82) is 0 Å². The van der Waals surface area contributed by atoms with Crippen molar-refractivity contribution in [3.8, 4) is 0 Å². The summed E-state index contributed by atoms with van der Waals surface area (Å²) < 4.78 is 36.7. The van der Waals surface area contributed by atoms with E-state index in [0.717, 1.165) is 16.7 Å². The van der Waals surface area contributed by atoms with Gasteiger partial charge >= 0.3 is 6.18 Å². The van der Waals surface area contributed by atoms with Gasteiger partial charge in [-0.2, -0.15) is 13.2 Å². The van der Waals surface area contributed by atoms with Crippen LogP contribution in [0, 0.1) is 13.8 Å². The highest BCUT2D eigenvalue weighted by Crippen LogP contribution is 2.18.